The maximum absolute atomic E-state index is 11.6. The van der Waals surface area contributed by atoms with Gasteiger partial charge in [0.1, 0.15) is 0 Å². The molecule has 1 unspecified atom stereocenters. The van der Waals surface area contributed by atoms with Gasteiger partial charge in [0.05, 0.1) is 12.7 Å². The number of hydrogen-bond donors (Lipinski definition) is 1. The van der Waals surface area contributed by atoms with E-state index in [4.69, 9.17) is 0 Å². The fourth-order valence-corrected chi connectivity index (χ4v) is 2.16. The van der Waals surface area contributed by atoms with Crippen molar-refractivity contribution in [1.82, 2.24) is 15.1 Å². The van der Waals surface area contributed by atoms with Crippen LogP contribution >= 0.6 is 0 Å². The Labute approximate surface area is 91.6 Å². The third kappa shape index (κ3) is 2.49. The summed E-state index contributed by atoms with van der Waals surface area (Å²) in [5, 5.41) is 3.16. The quantitative estimate of drug-likeness (QED) is 0.708. The molecule has 15 heavy (non-hydrogen) atoms. The summed E-state index contributed by atoms with van der Waals surface area (Å²) in [5.74, 6) is 0.252. The SMILES string of the molecule is CCN(CCN1CNC(C)C1=O)C1CC1. The first kappa shape index (κ1) is 10.9. The standard InChI is InChI=1S/C11H21N3O/c1-3-13(10-4-5-10)6-7-14-8-12-9(2)11(14)15/h9-10,12H,3-8H2,1-2H3. The van der Waals surface area contributed by atoms with Gasteiger partial charge in [-0.3, -0.25) is 15.0 Å². The Morgan fingerprint density at radius 1 is 1.53 bits per heavy atom. The molecule has 1 saturated carbocycles. The molecule has 1 heterocycles. The smallest absolute Gasteiger partial charge is 0.240 e. The van der Waals surface area contributed by atoms with E-state index in [0.717, 1.165) is 32.3 Å². The average molecular weight is 211 g/mol. The molecular formula is C11H21N3O. The summed E-state index contributed by atoms with van der Waals surface area (Å²) in [6, 6.07) is 0.819. The number of likely N-dealkylation sites (N-methyl/N-ethyl adjacent to an activating group) is 1. The second-order valence-electron chi connectivity index (χ2n) is 4.55. The molecule has 2 aliphatic rings. The van der Waals surface area contributed by atoms with E-state index < -0.39 is 0 Å². The van der Waals surface area contributed by atoms with Crippen LogP contribution in [-0.4, -0.2) is 54.1 Å². The monoisotopic (exact) mass is 211 g/mol. The van der Waals surface area contributed by atoms with Gasteiger partial charge in [-0.05, 0) is 26.3 Å². The van der Waals surface area contributed by atoms with Crippen molar-refractivity contribution >= 4 is 5.91 Å². The van der Waals surface area contributed by atoms with Gasteiger partial charge in [0.2, 0.25) is 5.91 Å². The predicted octanol–water partition coefficient (Wildman–Crippen LogP) is 0.248. The molecule has 1 amide bonds. The summed E-state index contributed by atoms with van der Waals surface area (Å²) < 4.78 is 0. The maximum atomic E-state index is 11.6. The van der Waals surface area contributed by atoms with Gasteiger partial charge in [-0.25, -0.2) is 0 Å². The van der Waals surface area contributed by atoms with Gasteiger partial charge in [0.15, 0.2) is 0 Å². The molecular weight excluding hydrogens is 190 g/mol. The summed E-state index contributed by atoms with van der Waals surface area (Å²) in [7, 11) is 0. The van der Waals surface area contributed by atoms with Crippen LogP contribution in [0.3, 0.4) is 0 Å². The lowest BCUT2D eigenvalue weighted by atomic mass is 10.3. The van der Waals surface area contributed by atoms with Gasteiger partial charge in [0, 0.05) is 19.1 Å². The van der Waals surface area contributed by atoms with E-state index in [0.29, 0.717) is 0 Å². The highest BCUT2D eigenvalue weighted by Crippen LogP contribution is 2.26. The van der Waals surface area contributed by atoms with Gasteiger partial charge in [-0.1, -0.05) is 6.92 Å². The van der Waals surface area contributed by atoms with Gasteiger partial charge < -0.3 is 4.90 Å². The molecule has 4 nitrogen and oxygen atoms in total. The zero-order valence-corrected chi connectivity index (χ0v) is 9.70. The van der Waals surface area contributed by atoms with Crippen LogP contribution in [0, 0.1) is 0 Å². The number of carbonyl (C=O) groups excluding carboxylic acids is 1. The molecule has 0 aromatic heterocycles. The Bertz CT molecular complexity index is 240. The number of nitrogens with zero attached hydrogens (tertiary/aromatic N) is 2. The number of hydrogen-bond acceptors (Lipinski definition) is 3. The van der Waals surface area contributed by atoms with Crippen LogP contribution in [0.4, 0.5) is 0 Å². The van der Waals surface area contributed by atoms with Crippen LogP contribution < -0.4 is 5.32 Å². The highest BCUT2D eigenvalue weighted by molar-refractivity contribution is 5.83. The van der Waals surface area contributed by atoms with Crippen molar-refractivity contribution in [2.45, 2.75) is 38.8 Å². The minimum absolute atomic E-state index is 0.0148. The molecule has 0 aromatic rings. The van der Waals surface area contributed by atoms with Crippen molar-refractivity contribution in [1.29, 1.82) is 0 Å². The first-order valence-electron chi connectivity index (χ1n) is 5.98. The van der Waals surface area contributed by atoms with Crippen molar-refractivity contribution in [2.75, 3.05) is 26.3 Å². The lowest BCUT2D eigenvalue weighted by molar-refractivity contribution is -0.128. The van der Waals surface area contributed by atoms with Crippen molar-refractivity contribution in [3.8, 4) is 0 Å². The van der Waals surface area contributed by atoms with Crippen molar-refractivity contribution in [3.63, 3.8) is 0 Å². The molecule has 1 aliphatic carbocycles. The summed E-state index contributed by atoms with van der Waals surface area (Å²) in [6.07, 6.45) is 2.69. The second-order valence-corrected chi connectivity index (χ2v) is 4.55. The maximum Gasteiger partial charge on any atom is 0.240 e. The molecule has 1 aliphatic heterocycles. The molecule has 1 N–H and O–H groups in total. The minimum atomic E-state index is 0.0148. The number of carbonyl (C=O) groups is 1. The topological polar surface area (TPSA) is 35.6 Å². The van der Waals surface area contributed by atoms with Crippen LogP contribution in [0.2, 0.25) is 0 Å². The highest BCUT2D eigenvalue weighted by atomic mass is 16.2. The van der Waals surface area contributed by atoms with E-state index in [9.17, 15) is 4.79 Å². The highest BCUT2D eigenvalue weighted by Gasteiger charge is 2.30. The first-order valence-corrected chi connectivity index (χ1v) is 5.98. The zero-order chi connectivity index (χ0) is 10.8. The van der Waals surface area contributed by atoms with Gasteiger partial charge in [0.25, 0.3) is 0 Å². The van der Waals surface area contributed by atoms with Crippen molar-refractivity contribution in [3.05, 3.63) is 0 Å². The molecule has 1 saturated heterocycles. The summed E-state index contributed by atoms with van der Waals surface area (Å²) in [5.41, 5.74) is 0. The van der Waals surface area contributed by atoms with Crippen LogP contribution in [0.25, 0.3) is 0 Å². The molecule has 86 valence electrons. The summed E-state index contributed by atoms with van der Waals surface area (Å²) >= 11 is 0. The largest absolute Gasteiger partial charge is 0.327 e. The molecule has 0 spiro atoms. The van der Waals surface area contributed by atoms with E-state index in [1.54, 1.807) is 0 Å². The molecule has 1 atom stereocenters. The number of nitrogens with one attached hydrogen (secondary N) is 1. The summed E-state index contributed by atoms with van der Waals surface area (Å²) in [4.78, 5) is 16.0. The van der Waals surface area contributed by atoms with E-state index in [1.807, 2.05) is 11.8 Å². The van der Waals surface area contributed by atoms with Gasteiger partial charge in [-0.15, -0.1) is 0 Å². The van der Waals surface area contributed by atoms with E-state index in [-0.39, 0.29) is 11.9 Å². The lowest BCUT2D eigenvalue weighted by Crippen LogP contribution is -2.38. The second kappa shape index (κ2) is 4.49. The molecule has 0 radical (unpaired) electrons. The van der Waals surface area contributed by atoms with Crippen LogP contribution in [0.5, 0.6) is 0 Å². The van der Waals surface area contributed by atoms with Crippen LogP contribution in [-0.2, 0) is 4.79 Å². The van der Waals surface area contributed by atoms with E-state index in [1.165, 1.54) is 12.8 Å². The zero-order valence-electron chi connectivity index (χ0n) is 9.70. The van der Waals surface area contributed by atoms with Crippen molar-refractivity contribution < 1.29 is 4.79 Å². The Hall–Kier alpha value is -0.610. The Balaban J connectivity index is 1.74. The van der Waals surface area contributed by atoms with Crippen LogP contribution in [0.15, 0.2) is 0 Å². The Morgan fingerprint density at radius 3 is 2.73 bits per heavy atom. The molecule has 0 bridgehead atoms. The number of rotatable bonds is 5. The normalized spacial score (nSPS) is 26.7. The fraction of sp³-hybridized carbons (Fsp3) is 0.909. The molecule has 0 aromatic carbocycles. The average Bonchev–Trinajstić information content (AvgIpc) is 3.01. The minimum Gasteiger partial charge on any atom is -0.327 e. The Kier molecular flexibility index (Phi) is 3.26. The molecule has 2 fully saturated rings. The molecule has 2 rings (SSSR count). The fourth-order valence-electron chi connectivity index (χ4n) is 2.16. The third-order valence-electron chi connectivity index (χ3n) is 3.40. The van der Waals surface area contributed by atoms with Gasteiger partial charge in [-0.2, -0.15) is 0 Å². The van der Waals surface area contributed by atoms with E-state index in [2.05, 4.69) is 17.1 Å². The van der Waals surface area contributed by atoms with Gasteiger partial charge >= 0.3 is 0 Å². The molecule has 4 heteroatoms. The van der Waals surface area contributed by atoms with Crippen molar-refractivity contribution in [2.24, 2.45) is 0 Å². The van der Waals surface area contributed by atoms with E-state index >= 15 is 0 Å². The Morgan fingerprint density at radius 2 is 2.27 bits per heavy atom. The number of amides is 1. The first-order chi connectivity index (χ1) is 7.22. The lowest BCUT2D eigenvalue weighted by Gasteiger charge is -2.23. The van der Waals surface area contributed by atoms with Crippen LogP contribution in [0.1, 0.15) is 26.7 Å². The predicted molar refractivity (Wildman–Crippen MR) is 59.4 cm³/mol. The third-order valence-corrected chi connectivity index (χ3v) is 3.40. The summed E-state index contributed by atoms with van der Waals surface area (Å²) in [6.45, 7) is 7.87.